The molecule has 82 valence electrons. The predicted molar refractivity (Wildman–Crippen MR) is 55.2 cm³/mol. The van der Waals surface area contributed by atoms with Crippen LogP contribution in [0.2, 0.25) is 0 Å². The van der Waals surface area contributed by atoms with Gasteiger partial charge in [-0.15, -0.1) is 0 Å². The fourth-order valence-corrected chi connectivity index (χ4v) is 1.15. The van der Waals surface area contributed by atoms with Crippen LogP contribution < -0.4 is 5.32 Å². The van der Waals surface area contributed by atoms with Crippen molar-refractivity contribution in [2.45, 2.75) is 20.0 Å². The Labute approximate surface area is 87.9 Å². The van der Waals surface area contributed by atoms with Crippen LogP contribution in [0, 0.1) is 12.7 Å². The number of hydrogen-bond donors (Lipinski definition) is 2. The van der Waals surface area contributed by atoms with Crippen molar-refractivity contribution in [1.82, 2.24) is 5.32 Å². The summed E-state index contributed by atoms with van der Waals surface area (Å²) in [5.41, 5.74) is 0.828. The highest BCUT2D eigenvalue weighted by atomic mass is 19.1. The van der Waals surface area contributed by atoms with Crippen LogP contribution in [0.25, 0.3) is 0 Å². The van der Waals surface area contributed by atoms with Gasteiger partial charge in [0.1, 0.15) is 5.82 Å². The third-order valence-electron chi connectivity index (χ3n) is 1.92. The van der Waals surface area contributed by atoms with Gasteiger partial charge in [-0.05, 0) is 26.0 Å². The van der Waals surface area contributed by atoms with Gasteiger partial charge in [-0.2, -0.15) is 0 Å². The number of carbonyl (C=O) groups excluding carboxylic acids is 1. The number of amides is 1. The average Bonchev–Trinajstić information content (AvgIpc) is 2.18. The van der Waals surface area contributed by atoms with Crippen molar-refractivity contribution < 1.29 is 14.3 Å². The van der Waals surface area contributed by atoms with Crippen LogP contribution in [0.1, 0.15) is 22.8 Å². The van der Waals surface area contributed by atoms with Crippen LogP contribution >= 0.6 is 0 Å². The van der Waals surface area contributed by atoms with E-state index in [4.69, 9.17) is 5.11 Å². The van der Waals surface area contributed by atoms with Crippen LogP contribution in [0.4, 0.5) is 4.39 Å². The lowest BCUT2D eigenvalue weighted by molar-refractivity contribution is 0.0920. The Morgan fingerprint density at radius 3 is 2.87 bits per heavy atom. The molecule has 1 rings (SSSR count). The fourth-order valence-electron chi connectivity index (χ4n) is 1.15. The van der Waals surface area contributed by atoms with Gasteiger partial charge < -0.3 is 10.4 Å². The zero-order valence-corrected chi connectivity index (χ0v) is 8.75. The number of aliphatic hydroxyl groups is 1. The van der Waals surface area contributed by atoms with Crippen molar-refractivity contribution in [3.8, 4) is 0 Å². The van der Waals surface area contributed by atoms with Gasteiger partial charge in [-0.3, -0.25) is 4.79 Å². The first-order chi connectivity index (χ1) is 7.00. The van der Waals surface area contributed by atoms with Gasteiger partial charge in [-0.25, -0.2) is 4.39 Å². The topological polar surface area (TPSA) is 49.3 Å². The molecule has 0 spiro atoms. The fraction of sp³-hybridized carbons (Fsp3) is 0.364. The molecule has 1 aromatic rings. The number of rotatable bonds is 3. The molecule has 3 nitrogen and oxygen atoms in total. The van der Waals surface area contributed by atoms with E-state index < -0.39 is 17.8 Å². The molecule has 1 aromatic carbocycles. The monoisotopic (exact) mass is 211 g/mol. The summed E-state index contributed by atoms with van der Waals surface area (Å²) in [6.45, 7) is 3.45. The van der Waals surface area contributed by atoms with Crippen molar-refractivity contribution in [2.24, 2.45) is 0 Å². The van der Waals surface area contributed by atoms with E-state index >= 15 is 0 Å². The molecule has 0 aromatic heterocycles. The van der Waals surface area contributed by atoms with Gasteiger partial charge >= 0.3 is 0 Å². The zero-order valence-electron chi connectivity index (χ0n) is 8.75. The summed E-state index contributed by atoms with van der Waals surface area (Å²) in [7, 11) is 0. The Hall–Kier alpha value is -1.42. The molecule has 0 heterocycles. The van der Waals surface area contributed by atoms with E-state index in [-0.39, 0.29) is 12.1 Å². The number of nitrogens with one attached hydrogen (secondary N) is 1. The molecular formula is C11H14FNO2. The van der Waals surface area contributed by atoms with E-state index in [1.807, 2.05) is 0 Å². The van der Waals surface area contributed by atoms with Crippen molar-refractivity contribution in [3.63, 3.8) is 0 Å². The molecule has 0 aliphatic heterocycles. The lowest BCUT2D eigenvalue weighted by atomic mass is 10.1. The number of benzene rings is 1. The Bertz CT molecular complexity index is 364. The number of halogens is 1. The number of hydrogen-bond acceptors (Lipinski definition) is 2. The summed E-state index contributed by atoms with van der Waals surface area (Å²) in [4.78, 5) is 11.5. The summed E-state index contributed by atoms with van der Waals surface area (Å²) < 4.78 is 13.2. The van der Waals surface area contributed by atoms with Gasteiger partial charge in [0.2, 0.25) is 0 Å². The maximum Gasteiger partial charge on any atom is 0.254 e. The van der Waals surface area contributed by atoms with Crippen LogP contribution in [-0.2, 0) is 0 Å². The predicted octanol–water partition coefficient (Wildman–Crippen LogP) is 1.24. The largest absolute Gasteiger partial charge is 0.392 e. The van der Waals surface area contributed by atoms with Crippen LogP contribution in [0.5, 0.6) is 0 Å². The normalized spacial score (nSPS) is 12.3. The second kappa shape index (κ2) is 4.89. The van der Waals surface area contributed by atoms with E-state index in [1.165, 1.54) is 12.1 Å². The highest BCUT2D eigenvalue weighted by molar-refractivity contribution is 5.94. The molecule has 0 aliphatic carbocycles. The van der Waals surface area contributed by atoms with Gasteiger partial charge in [0.25, 0.3) is 5.91 Å². The van der Waals surface area contributed by atoms with E-state index in [0.717, 1.165) is 5.56 Å². The summed E-state index contributed by atoms with van der Waals surface area (Å²) in [5, 5.41) is 11.4. The summed E-state index contributed by atoms with van der Waals surface area (Å²) in [5.74, 6) is -1.05. The Kier molecular flexibility index (Phi) is 3.80. The Balaban J connectivity index is 2.77. The molecule has 1 amide bonds. The minimum Gasteiger partial charge on any atom is -0.392 e. The van der Waals surface area contributed by atoms with Crippen molar-refractivity contribution in [1.29, 1.82) is 0 Å². The molecule has 0 saturated heterocycles. The van der Waals surface area contributed by atoms with Gasteiger partial charge in [0.05, 0.1) is 11.7 Å². The zero-order chi connectivity index (χ0) is 11.4. The van der Waals surface area contributed by atoms with E-state index in [2.05, 4.69) is 5.32 Å². The standard InChI is InChI=1S/C11H14FNO2/c1-7-3-4-10(12)9(5-7)11(15)13-6-8(2)14/h3-5,8,14H,6H2,1-2H3,(H,13,15)/t8-/m0/s1. The molecule has 0 bridgehead atoms. The van der Waals surface area contributed by atoms with E-state index in [1.54, 1.807) is 19.9 Å². The van der Waals surface area contributed by atoms with Crippen LogP contribution in [0.3, 0.4) is 0 Å². The molecule has 0 unspecified atom stereocenters. The maximum absolute atomic E-state index is 13.2. The highest BCUT2D eigenvalue weighted by Crippen LogP contribution is 2.09. The van der Waals surface area contributed by atoms with E-state index in [9.17, 15) is 9.18 Å². The summed E-state index contributed by atoms with van der Waals surface area (Å²) in [6, 6.07) is 4.33. The first kappa shape index (κ1) is 11.7. The third-order valence-corrected chi connectivity index (χ3v) is 1.92. The number of carbonyl (C=O) groups is 1. The molecule has 4 heteroatoms. The molecule has 0 fully saturated rings. The third kappa shape index (κ3) is 3.32. The maximum atomic E-state index is 13.2. The Morgan fingerprint density at radius 2 is 2.27 bits per heavy atom. The van der Waals surface area contributed by atoms with Crippen molar-refractivity contribution in [2.75, 3.05) is 6.54 Å². The quantitative estimate of drug-likeness (QED) is 0.790. The first-order valence-electron chi connectivity index (χ1n) is 4.73. The summed E-state index contributed by atoms with van der Waals surface area (Å²) >= 11 is 0. The van der Waals surface area contributed by atoms with Crippen molar-refractivity contribution >= 4 is 5.91 Å². The molecule has 15 heavy (non-hydrogen) atoms. The summed E-state index contributed by atoms with van der Waals surface area (Å²) in [6.07, 6.45) is -0.637. The molecule has 1 atom stereocenters. The highest BCUT2D eigenvalue weighted by Gasteiger charge is 2.11. The second-order valence-corrected chi connectivity index (χ2v) is 3.54. The Morgan fingerprint density at radius 1 is 1.60 bits per heavy atom. The van der Waals surface area contributed by atoms with Gasteiger partial charge in [0, 0.05) is 6.54 Å². The number of aryl methyl sites for hydroxylation is 1. The van der Waals surface area contributed by atoms with Crippen LogP contribution in [-0.4, -0.2) is 23.7 Å². The van der Waals surface area contributed by atoms with Crippen LogP contribution in [0.15, 0.2) is 18.2 Å². The minimum absolute atomic E-state index is 0.00986. The van der Waals surface area contributed by atoms with Gasteiger partial charge in [0.15, 0.2) is 0 Å². The first-order valence-corrected chi connectivity index (χ1v) is 4.73. The molecule has 0 aliphatic rings. The SMILES string of the molecule is Cc1ccc(F)c(C(=O)NC[C@H](C)O)c1. The lowest BCUT2D eigenvalue weighted by Crippen LogP contribution is -2.31. The molecule has 0 saturated carbocycles. The molecule has 0 radical (unpaired) electrons. The van der Waals surface area contributed by atoms with E-state index in [0.29, 0.717) is 0 Å². The smallest absolute Gasteiger partial charge is 0.254 e. The minimum atomic E-state index is -0.637. The van der Waals surface area contributed by atoms with Crippen molar-refractivity contribution in [3.05, 3.63) is 35.1 Å². The number of aliphatic hydroxyl groups excluding tert-OH is 1. The second-order valence-electron chi connectivity index (χ2n) is 3.54. The molecular weight excluding hydrogens is 197 g/mol. The lowest BCUT2D eigenvalue weighted by Gasteiger charge is -2.08. The van der Waals surface area contributed by atoms with Gasteiger partial charge in [-0.1, -0.05) is 11.6 Å². The molecule has 2 N–H and O–H groups in total. The average molecular weight is 211 g/mol.